The third-order valence-corrected chi connectivity index (χ3v) is 26.8. The summed E-state index contributed by atoms with van der Waals surface area (Å²) in [5.41, 5.74) is 16.7. The van der Waals surface area contributed by atoms with Crippen LogP contribution < -0.4 is 0 Å². The van der Waals surface area contributed by atoms with Gasteiger partial charge in [-0.15, -0.1) is 11.3 Å². The van der Waals surface area contributed by atoms with Crippen LogP contribution in [0.5, 0.6) is 0 Å². The first-order chi connectivity index (χ1) is 64.1. The fourth-order valence-electron chi connectivity index (χ4n) is 19.4. The molecule has 7 aromatic heterocycles. The molecular formula is C115H66Cl4N10S. The number of hydrogen-bond donors (Lipinski definition) is 0. The zero-order chi connectivity index (χ0) is 86.6. The maximum Gasteiger partial charge on any atom is 0.223 e. The minimum absolute atomic E-state index is 0.242. The molecule has 0 atom stereocenters. The normalized spacial score (nSPS) is 11.7. The van der Waals surface area contributed by atoms with Crippen molar-refractivity contribution in [3.63, 3.8) is 0 Å². The van der Waals surface area contributed by atoms with Gasteiger partial charge in [-0.1, -0.05) is 322 Å². The van der Waals surface area contributed by atoms with Crippen LogP contribution in [0.15, 0.2) is 401 Å². The minimum atomic E-state index is 0.242. The van der Waals surface area contributed by atoms with Gasteiger partial charge in [-0.3, -0.25) is 4.98 Å². The zero-order valence-electron chi connectivity index (χ0n) is 69.0. The van der Waals surface area contributed by atoms with Crippen molar-refractivity contribution in [3.8, 4) is 61.8 Å². The first-order valence-electron chi connectivity index (χ1n) is 42.7. The Morgan fingerprint density at radius 2 is 0.531 bits per heavy atom. The van der Waals surface area contributed by atoms with Crippen LogP contribution >= 0.6 is 57.7 Å². The largest absolute Gasteiger partial charge is 0.309 e. The highest BCUT2D eigenvalue weighted by molar-refractivity contribution is 7.25. The lowest BCUT2D eigenvalue weighted by Gasteiger charge is -2.13. The Hall–Kier alpha value is -15.6. The Labute approximate surface area is 767 Å². The summed E-state index contributed by atoms with van der Waals surface area (Å²) in [5, 5.41) is 30.8. The molecule has 0 radical (unpaired) electrons. The highest BCUT2D eigenvalue weighted by Gasteiger charge is 2.24. The number of nitrogens with zero attached hydrogens (tertiary/aromatic N) is 10. The van der Waals surface area contributed by atoms with E-state index in [4.69, 9.17) is 71.3 Å². The van der Waals surface area contributed by atoms with Crippen LogP contribution in [0.1, 0.15) is 0 Å². The summed E-state index contributed by atoms with van der Waals surface area (Å²) in [6.07, 6.45) is 3.56. The molecule has 610 valence electrons. The molecule has 15 heteroatoms. The molecule has 0 amide bonds. The summed E-state index contributed by atoms with van der Waals surface area (Å²) < 4.78 is 4.89. The van der Waals surface area contributed by atoms with Gasteiger partial charge in [0.25, 0.3) is 0 Å². The van der Waals surface area contributed by atoms with Crippen LogP contribution in [0.25, 0.3) is 244 Å². The molecule has 0 spiro atoms. The average Bonchev–Trinajstić information content (AvgIpc) is 1.31. The monoisotopic (exact) mass is 1760 g/mol. The van der Waals surface area contributed by atoms with Crippen molar-refractivity contribution in [2.24, 2.45) is 0 Å². The number of hydrogen-bond acceptors (Lipinski definition) is 10. The third kappa shape index (κ3) is 13.4. The number of benzene rings is 20. The van der Waals surface area contributed by atoms with Crippen molar-refractivity contribution >= 4 is 240 Å². The van der Waals surface area contributed by atoms with E-state index in [2.05, 4.69) is 370 Å². The molecule has 27 aromatic rings. The average molecular weight is 1760 g/mol. The van der Waals surface area contributed by atoms with Crippen LogP contribution in [0, 0.1) is 0 Å². The van der Waals surface area contributed by atoms with Crippen molar-refractivity contribution in [2.45, 2.75) is 0 Å². The van der Waals surface area contributed by atoms with Crippen molar-refractivity contribution in [3.05, 3.63) is 422 Å². The molecule has 0 bridgehead atoms. The fourth-order valence-corrected chi connectivity index (χ4v) is 21.1. The van der Waals surface area contributed by atoms with E-state index in [1.165, 1.54) is 90.7 Å². The number of pyridine rings is 1. The summed E-state index contributed by atoms with van der Waals surface area (Å²) in [7, 11) is 0. The molecule has 0 unspecified atom stereocenters. The number of halogens is 4. The quantitative estimate of drug-likeness (QED) is 0.118. The Bertz CT molecular complexity index is 9340. The maximum absolute atomic E-state index is 6.60. The standard InChI is InChI=1S/C34H20ClN3.C32H19ClN2.C28H15ClN2S.C21H12ClN3/c35-34-36-32(31-26-15-6-4-12-23(26)24-13-5-7-16-27(24)33(31)37-34)21-18-19-30-28(20-21)25-14-8-9-17-29(25)38(30)22-10-2-1-3-11-22;33-32-34-30(22-16-13-21(14-17-22)24-18-15-20-7-1-2-8-23(20)19-24)29-27-11-5-3-9-25(27)26-10-4-6-12-28(26)31(29)35-32;29-28-30-26(16-13-14-24-22(15-16)19-9-5-6-12-23(19)32-24)25-20-10-3-1-7-17(20)18-8-2-4-11-21(18)27(25)31-28;22-21-24-19(13-6-5-11-23-12-13)18-16-9-3-1-7-14(16)15-8-2-4-10-17(15)20(18)25-21/h1-20H;1-19H;1-15H;1-12H. The van der Waals surface area contributed by atoms with Gasteiger partial charge in [0.1, 0.15) is 0 Å². The van der Waals surface area contributed by atoms with E-state index in [0.717, 1.165) is 154 Å². The Kier molecular flexibility index (Phi) is 19.4. The predicted molar refractivity (Wildman–Crippen MR) is 548 cm³/mol. The molecule has 7 heterocycles. The second kappa shape index (κ2) is 32.4. The zero-order valence-corrected chi connectivity index (χ0v) is 72.8. The van der Waals surface area contributed by atoms with Gasteiger partial charge in [0.05, 0.1) is 55.9 Å². The van der Waals surface area contributed by atoms with E-state index >= 15 is 0 Å². The lowest BCUT2D eigenvalue weighted by Crippen LogP contribution is -1.95. The number of fused-ring (bicyclic) bond motifs is 31. The molecule has 0 saturated heterocycles. The third-order valence-electron chi connectivity index (χ3n) is 25.0. The second-order valence-electron chi connectivity index (χ2n) is 32.2. The smallest absolute Gasteiger partial charge is 0.223 e. The summed E-state index contributed by atoms with van der Waals surface area (Å²) in [4.78, 5) is 41.8. The van der Waals surface area contributed by atoms with Gasteiger partial charge < -0.3 is 4.57 Å². The Balaban J connectivity index is 0.0000000970. The van der Waals surface area contributed by atoms with E-state index < -0.39 is 0 Å². The van der Waals surface area contributed by atoms with Crippen LogP contribution in [0.4, 0.5) is 0 Å². The van der Waals surface area contributed by atoms with Crippen molar-refractivity contribution < 1.29 is 0 Å². The molecule has 0 N–H and O–H groups in total. The molecule has 10 nitrogen and oxygen atoms in total. The second-order valence-corrected chi connectivity index (χ2v) is 34.7. The van der Waals surface area contributed by atoms with Gasteiger partial charge in [0.2, 0.25) is 21.1 Å². The van der Waals surface area contributed by atoms with Crippen molar-refractivity contribution in [1.29, 1.82) is 0 Å². The predicted octanol–water partition coefficient (Wildman–Crippen LogP) is 32.7. The van der Waals surface area contributed by atoms with Crippen molar-refractivity contribution in [1.82, 2.24) is 49.4 Å². The SMILES string of the molecule is Clc1nc(-c2ccc(-c3ccc4ccccc4c3)cc2)c2c3ccccc3c3ccccc3c2n1.Clc1nc(-c2ccc3c(c2)c2ccccc2n3-c2ccccc2)c2c3ccccc3c3ccccc3c2n1.Clc1nc(-c2ccc3sc4ccccc4c3c2)c2c3ccccc3c3ccccc3c2n1.Clc1nc(-c2cccnc2)c2c3ccccc3c3ccccc3c2n1. The van der Waals surface area contributed by atoms with E-state index in [1.807, 2.05) is 60.0 Å². The number of aromatic nitrogens is 10. The minimum Gasteiger partial charge on any atom is -0.309 e. The van der Waals surface area contributed by atoms with Gasteiger partial charge in [-0.05, 0) is 200 Å². The van der Waals surface area contributed by atoms with E-state index in [-0.39, 0.29) is 21.1 Å². The van der Waals surface area contributed by atoms with Crippen LogP contribution in [0.3, 0.4) is 0 Å². The molecule has 0 aliphatic heterocycles. The molecule has 27 rings (SSSR count). The maximum atomic E-state index is 6.60. The summed E-state index contributed by atoms with van der Waals surface area (Å²) >= 11 is 27.7. The van der Waals surface area contributed by atoms with E-state index in [9.17, 15) is 0 Å². The molecule has 0 fully saturated rings. The molecule has 0 aliphatic rings. The van der Waals surface area contributed by atoms with Crippen LogP contribution in [0.2, 0.25) is 21.1 Å². The summed E-state index contributed by atoms with van der Waals surface area (Å²) in [6, 6.07) is 136. The lowest BCUT2D eigenvalue weighted by atomic mass is 9.94. The van der Waals surface area contributed by atoms with E-state index in [1.54, 1.807) is 6.20 Å². The van der Waals surface area contributed by atoms with Gasteiger partial charge in [0, 0.05) is 114 Å². The van der Waals surface area contributed by atoms with Crippen molar-refractivity contribution in [2.75, 3.05) is 0 Å². The molecular weight excluding hydrogens is 1700 g/mol. The fraction of sp³-hybridized carbons (Fsp3) is 0. The van der Waals surface area contributed by atoms with Crippen LogP contribution in [-0.2, 0) is 0 Å². The van der Waals surface area contributed by atoms with Gasteiger partial charge in [-0.25, -0.2) is 39.9 Å². The number of para-hydroxylation sites is 2. The van der Waals surface area contributed by atoms with Gasteiger partial charge in [-0.2, -0.15) is 0 Å². The first-order valence-corrected chi connectivity index (χ1v) is 45.0. The molecule has 0 saturated carbocycles. The Morgan fingerprint density at radius 1 is 0.200 bits per heavy atom. The summed E-state index contributed by atoms with van der Waals surface area (Å²) in [5.74, 6) is 0. The Morgan fingerprint density at radius 3 is 0.992 bits per heavy atom. The number of rotatable bonds is 6. The first kappa shape index (κ1) is 78.0. The van der Waals surface area contributed by atoms with Gasteiger partial charge >= 0.3 is 0 Å². The van der Waals surface area contributed by atoms with Crippen LogP contribution in [-0.4, -0.2) is 49.4 Å². The highest BCUT2D eigenvalue weighted by atomic mass is 35.5. The summed E-state index contributed by atoms with van der Waals surface area (Å²) in [6.45, 7) is 0. The topological polar surface area (TPSA) is 121 Å². The van der Waals surface area contributed by atoms with Gasteiger partial charge in [0.15, 0.2) is 0 Å². The molecule has 130 heavy (non-hydrogen) atoms. The molecule has 20 aromatic carbocycles. The highest BCUT2D eigenvalue weighted by Crippen LogP contribution is 2.47. The van der Waals surface area contributed by atoms with E-state index in [0.29, 0.717) is 0 Å². The molecule has 0 aliphatic carbocycles. The lowest BCUT2D eigenvalue weighted by molar-refractivity contribution is 1.18. The number of thiophene rings is 1.